The van der Waals surface area contributed by atoms with Crippen LogP contribution in [-0.4, -0.2) is 0 Å². The minimum Gasteiger partial charge on any atom is -0.0776 e. The highest BCUT2D eigenvalue weighted by Crippen LogP contribution is 2.32. The minimum absolute atomic E-state index is 0. The van der Waals surface area contributed by atoms with Crippen LogP contribution in [0.25, 0.3) is 0 Å². The molecule has 3 aromatic rings. The molecular formula is C44H76. The topological polar surface area (TPSA) is 0 Å². The smallest absolute Gasteiger partial charge is 0.0146 e. The summed E-state index contributed by atoms with van der Waals surface area (Å²) in [6.07, 6.45) is 11.5. The maximum Gasteiger partial charge on any atom is 0.0146 e. The van der Waals surface area contributed by atoms with E-state index in [4.69, 9.17) is 0 Å². The SMILES string of the molecule is C.C.C.CCC(C)CC.CCC1CCC(CC)CC1.Cc1ccc(C(C)(C)c2ccc(C)cc2)cc1.Cc1ccc(C)cc1. The van der Waals surface area contributed by atoms with Crippen molar-refractivity contribution in [1.82, 2.24) is 0 Å². The van der Waals surface area contributed by atoms with Crippen LogP contribution in [0.15, 0.2) is 72.8 Å². The Hall–Kier alpha value is -2.34. The molecule has 0 bridgehead atoms. The van der Waals surface area contributed by atoms with Crippen LogP contribution in [0.4, 0.5) is 0 Å². The molecule has 0 unspecified atom stereocenters. The van der Waals surface area contributed by atoms with E-state index >= 15 is 0 Å². The second kappa shape index (κ2) is 24.9. The van der Waals surface area contributed by atoms with E-state index in [1.54, 1.807) is 0 Å². The molecule has 0 heteroatoms. The van der Waals surface area contributed by atoms with Crippen molar-refractivity contribution in [3.63, 3.8) is 0 Å². The highest BCUT2D eigenvalue weighted by Gasteiger charge is 2.22. The molecule has 0 radical (unpaired) electrons. The molecule has 4 rings (SSSR count). The van der Waals surface area contributed by atoms with Crippen LogP contribution in [0.2, 0.25) is 0 Å². The predicted octanol–water partition coefficient (Wildman–Crippen LogP) is 14.9. The maximum atomic E-state index is 2.33. The number of rotatable bonds is 6. The van der Waals surface area contributed by atoms with E-state index in [0.717, 1.165) is 17.8 Å². The zero-order chi connectivity index (χ0) is 30.8. The van der Waals surface area contributed by atoms with Gasteiger partial charge in [0, 0.05) is 5.41 Å². The zero-order valence-electron chi connectivity index (χ0n) is 28.8. The van der Waals surface area contributed by atoms with Gasteiger partial charge in [-0.3, -0.25) is 0 Å². The lowest BCUT2D eigenvalue weighted by atomic mass is 9.78. The van der Waals surface area contributed by atoms with Gasteiger partial charge < -0.3 is 0 Å². The average molecular weight is 605 g/mol. The molecule has 0 aromatic heterocycles. The van der Waals surface area contributed by atoms with Crippen molar-refractivity contribution in [3.05, 3.63) is 106 Å². The summed E-state index contributed by atoms with van der Waals surface area (Å²) in [5.74, 6) is 3.08. The molecule has 0 N–H and O–H groups in total. The van der Waals surface area contributed by atoms with Gasteiger partial charge in [-0.25, -0.2) is 0 Å². The molecule has 1 fully saturated rings. The highest BCUT2D eigenvalue weighted by molar-refractivity contribution is 5.39. The second-order valence-corrected chi connectivity index (χ2v) is 13.1. The van der Waals surface area contributed by atoms with Gasteiger partial charge in [0.05, 0.1) is 0 Å². The summed E-state index contributed by atoms with van der Waals surface area (Å²) in [7, 11) is 0. The van der Waals surface area contributed by atoms with E-state index in [1.807, 2.05) is 0 Å². The first-order valence-electron chi connectivity index (χ1n) is 16.6. The summed E-state index contributed by atoms with van der Waals surface area (Å²) in [6, 6.07) is 26.1. The van der Waals surface area contributed by atoms with E-state index in [9.17, 15) is 0 Å². The third kappa shape index (κ3) is 17.8. The third-order valence-corrected chi connectivity index (χ3v) is 9.28. The van der Waals surface area contributed by atoms with E-state index in [-0.39, 0.29) is 27.7 Å². The van der Waals surface area contributed by atoms with Crippen LogP contribution in [0.5, 0.6) is 0 Å². The molecule has 44 heavy (non-hydrogen) atoms. The first kappa shape index (κ1) is 46.1. The number of benzene rings is 3. The van der Waals surface area contributed by atoms with Crippen molar-refractivity contribution in [2.24, 2.45) is 17.8 Å². The minimum atomic E-state index is 0. The molecule has 0 heterocycles. The molecule has 0 spiro atoms. The number of hydrogen-bond acceptors (Lipinski definition) is 0. The summed E-state index contributed by atoms with van der Waals surface area (Å²) >= 11 is 0. The van der Waals surface area contributed by atoms with E-state index in [0.29, 0.717) is 0 Å². The number of hydrogen-bond donors (Lipinski definition) is 0. The van der Waals surface area contributed by atoms with Crippen molar-refractivity contribution in [1.29, 1.82) is 0 Å². The Bertz CT molecular complexity index is 944. The highest BCUT2D eigenvalue weighted by atomic mass is 14.3. The van der Waals surface area contributed by atoms with Crippen LogP contribution in [-0.2, 0) is 5.41 Å². The molecule has 0 nitrogen and oxygen atoms in total. The average Bonchev–Trinajstić information content (AvgIpc) is 2.99. The first-order chi connectivity index (χ1) is 19.5. The van der Waals surface area contributed by atoms with Gasteiger partial charge in [0.1, 0.15) is 0 Å². The normalized spacial score (nSPS) is 15.3. The van der Waals surface area contributed by atoms with Gasteiger partial charge >= 0.3 is 0 Å². The number of aryl methyl sites for hydroxylation is 4. The van der Waals surface area contributed by atoms with Crippen molar-refractivity contribution in [2.45, 2.75) is 155 Å². The van der Waals surface area contributed by atoms with Gasteiger partial charge in [-0.2, -0.15) is 0 Å². The Morgan fingerprint density at radius 1 is 0.500 bits per heavy atom. The first-order valence-corrected chi connectivity index (χ1v) is 16.6. The lowest BCUT2D eigenvalue weighted by molar-refractivity contribution is 0.264. The summed E-state index contributed by atoms with van der Waals surface area (Å²) in [6.45, 7) is 24.4. The van der Waals surface area contributed by atoms with Gasteiger partial charge in [0.2, 0.25) is 0 Å². The molecule has 3 aromatic carbocycles. The Kier molecular flexibility index (Phi) is 26.1. The summed E-state index contributed by atoms with van der Waals surface area (Å²) in [5, 5.41) is 0. The van der Waals surface area contributed by atoms with E-state index in [1.165, 1.54) is 84.7 Å². The predicted molar refractivity (Wildman–Crippen MR) is 206 cm³/mol. The van der Waals surface area contributed by atoms with Gasteiger partial charge in [-0.1, -0.05) is 217 Å². The van der Waals surface area contributed by atoms with Crippen LogP contribution >= 0.6 is 0 Å². The lowest BCUT2D eigenvalue weighted by Gasteiger charge is -2.26. The summed E-state index contributed by atoms with van der Waals surface area (Å²) < 4.78 is 0. The molecule has 0 atom stereocenters. The van der Waals surface area contributed by atoms with Gasteiger partial charge in [-0.15, -0.1) is 0 Å². The largest absolute Gasteiger partial charge is 0.0776 e. The fraction of sp³-hybridized carbons (Fsp3) is 0.591. The summed E-state index contributed by atoms with van der Waals surface area (Å²) in [4.78, 5) is 0. The molecule has 1 aliphatic carbocycles. The van der Waals surface area contributed by atoms with Crippen LogP contribution in [0.3, 0.4) is 0 Å². The molecule has 1 aliphatic rings. The summed E-state index contributed by atoms with van der Waals surface area (Å²) in [5.41, 5.74) is 8.09. The quantitative estimate of drug-likeness (QED) is 0.262. The second-order valence-electron chi connectivity index (χ2n) is 13.1. The Balaban J connectivity index is -0.000000539. The fourth-order valence-corrected chi connectivity index (χ4v) is 5.08. The fourth-order valence-electron chi connectivity index (χ4n) is 5.08. The van der Waals surface area contributed by atoms with E-state index < -0.39 is 0 Å². The molecular weight excluding hydrogens is 528 g/mol. The Morgan fingerprint density at radius 2 is 0.727 bits per heavy atom. The molecule has 0 aliphatic heterocycles. The van der Waals surface area contributed by atoms with Crippen LogP contribution in [0.1, 0.15) is 155 Å². The van der Waals surface area contributed by atoms with Crippen LogP contribution < -0.4 is 0 Å². The molecule has 252 valence electrons. The standard InChI is InChI=1S/C17H20.C10H20.C8H10.C6H14.3CH4/c1-13-5-9-15(10-6-13)17(3,4)16-11-7-14(2)8-12-16;1-3-9-5-7-10(4-2)8-6-9;1-7-3-5-8(2)6-4-7;1-4-6(3)5-2;;;/h5-12H,1-4H3;9-10H,3-8H2,1-2H3;3-6H,1-2H3;6H,4-5H2,1-3H3;3*1H4. The van der Waals surface area contributed by atoms with Gasteiger partial charge in [-0.05, 0) is 56.6 Å². The van der Waals surface area contributed by atoms with Crippen LogP contribution in [0, 0.1) is 45.4 Å². The zero-order valence-corrected chi connectivity index (χ0v) is 28.8. The van der Waals surface area contributed by atoms with Crippen molar-refractivity contribution >= 4 is 0 Å². The molecule has 0 saturated heterocycles. The van der Waals surface area contributed by atoms with Crippen molar-refractivity contribution in [3.8, 4) is 0 Å². The van der Waals surface area contributed by atoms with Gasteiger partial charge in [0.25, 0.3) is 0 Å². The third-order valence-electron chi connectivity index (χ3n) is 9.28. The van der Waals surface area contributed by atoms with Crippen molar-refractivity contribution in [2.75, 3.05) is 0 Å². The molecule has 0 amide bonds. The Labute approximate surface area is 278 Å². The Morgan fingerprint density at radius 3 is 0.909 bits per heavy atom. The van der Waals surface area contributed by atoms with Gasteiger partial charge in [0.15, 0.2) is 0 Å². The monoisotopic (exact) mass is 605 g/mol. The maximum absolute atomic E-state index is 2.33. The van der Waals surface area contributed by atoms with Crippen molar-refractivity contribution < 1.29 is 0 Å². The van der Waals surface area contributed by atoms with E-state index in [2.05, 4.69) is 149 Å². The molecule has 1 saturated carbocycles. The lowest BCUT2D eigenvalue weighted by Crippen LogP contribution is -2.18.